The minimum atomic E-state index is -0.686. The molecule has 1 N–H and O–H groups in total. The number of aliphatic carboxylic acids is 1. The fourth-order valence-corrected chi connectivity index (χ4v) is 5.64. The number of nitriles is 1. The molecule has 6 nitrogen and oxygen atoms in total. The van der Waals surface area contributed by atoms with Crippen LogP contribution in [0.5, 0.6) is 5.75 Å². The number of rotatable bonds is 9. The van der Waals surface area contributed by atoms with Crippen LogP contribution in [0.1, 0.15) is 43.9 Å². The molecule has 7 heteroatoms. The smallest absolute Gasteiger partial charge is 0.307 e. The van der Waals surface area contributed by atoms with Crippen molar-refractivity contribution in [1.82, 2.24) is 9.88 Å². The number of aromatic nitrogens is 1. The lowest BCUT2D eigenvalue weighted by Gasteiger charge is -2.18. The SMILES string of the molecule is CCc1c(CCN2CCC(C(=O)O)C2)cccc1-c1cnc(-c2ccc(OC(C)C)c(C#N)c2)s1. The van der Waals surface area contributed by atoms with E-state index < -0.39 is 5.97 Å². The van der Waals surface area contributed by atoms with Gasteiger partial charge in [0.15, 0.2) is 0 Å². The Morgan fingerprint density at radius 3 is 2.86 bits per heavy atom. The van der Waals surface area contributed by atoms with E-state index in [1.807, 2.05) is 38.2 Å². The Morgan fingerprint density at radius 2 is 2.17 bits per heavy atom. The van der Waals surface area contributed by atoms with Crippen LogP contribution >= 0.6 is 11.3 Å². The summed E-state index contributed by atoms with van der Waals surface area (Å²) in [4.78, 5) is 19.3. The first-order chi connectivity index (χ1) is 16.9. The number of benzene rings is 2. The molecule has 0 amide bonds. The van der Waals surface area contributed by atoms with E-state index in [0.29, 0.717) is 17.9 Å². The Balaban J connectivity index is 1.54. The molecule has 2 heterocycles. The van der Waals surface area contributed by atoms with Gasteiger partial charge in [0, 0.05) is 24.8 Å². The number of likely N-dealkylation sites (tertiary alicyclic amines) is 1. The molecule has 0 bridgehead atoms. The van der Waals surface area contributed by atoms with Gasteiger partial charge in [-0.05, 0) is 74.5 Å². The minimum Gasteiger partial charge on any atom is -0.490 e. The third kappa shape index (κ3) is 5.72. The fourth-order valence-electron chi connectivity index (χ4n) is 4.67. The highest BCUT2D eigenvalue weighted by molar-refractivity contribution is 7.18. The summed E-state index contributed by atoms with van der Waals surface area (Å²) in [6.07, 6.45) is 4.47. The number of hydrogen-bond acceptors (Lipinski definition) is 6. The third-order valence-electron chi connectivity index (χ3n) is 6.43. The van der Waals surface area contributed by atoms with Crippen LogP contribution in [-0.2, 0) is 17.6 Å². The first kappa shape index (κ1) is 24.9. The van der Waals surface area contributed by atoms with E-state index in [4.69, 9.17) is 4.74 Å². The molecule has 0 aliphatic carbocycles. The Labute approximate surface area is 210 Å². The minimum absolute atomic E-state index is 0.00298. The monoisotopic (exact) mass is 489 g/mol. The van der Waals surface area contributed by atoms with Gasteiger partial charge in [-0.15, -0.1) is 11.3 Å². The lowest BCUT2D eigenvalue weighted by Crippen LogP contribution is -2.25. The Morgan fingerprint density at radius 1 is 1.34 bits per heavy atom. The van der Waals surface area contributed by atoms with Gasteiger partial charge in [0.1, 0.15) is 16.8 Å². The Hall–Kier alpha value is -3.21. The van der Waals surface area contributed by atoms with Gasteiger partial charge in [-0.25, -0.2) is 4.98 Å². The zero-order valence-electron chi connectivity index (χ0n) is 20.5. The quantitative estimate of drug-likeness (QED) is 0.418. The number of ether oxygens (including phenoxy) is 1. The van der Waals surface area contributed by atoms with Crippen molar-refractivity contribution in [3.05, 3.63) is 59.3 Å². The first-order valence-corrected chi connectivity index (χ1v) is 12.9. The van der Waals surface area contributed by atoms with Gasteiger partial charge in [-0.3, -0.25) is 4.79 Å². The molecule has 0 spiro atoms. The van der Waals surface area contributed by atoms with Crippen LogP contribution in [0.4, 0.5) is 0 Å². The molecule has 0 radical (unpaired) electrons. The van der Waals surface area contributed by atoms with Gasteiger partial charge >= 0.3 is 5.97 Å². The topological polar surface area (TPSA) is 86.5 Å². The molecule has 4 rings (SSSR count). The van der Waals surface area contributed by atoms with Crippen molar-refractivity contribution in [1.29, 1.82) is 5.26 Å². The average molecular weight is 490 g/mol. The van der Waals surface area contributed by atoms with Crippen molar-refractivity contribution in [2.75, 3.05) is 19.6 Å². The van der Waals surface area contributed by atoms with Crippen molar-refractivity contribution in [2.45, 2.75) is 46.1 Å². The maximum Gasteiger partial charge on any atom is 0.307 e. The summed E-state index contributed by atoms with van der Waals surface area (Å²) in [5.41, 5.74) is 5.23. The highest BCUT2D eigenvalue weighted by Crippen LogP contribution is 2.36. The second-order valence-corrected chi connectivity index (χ2v) is 10.2. The van der Waals surface area contributed by atoms with E-state index in [2.05, 4.69) is 41.1 Å². The van der Waals surface area contributed by atoms with E-state index in [1.165, 1.54) is 16.7 Å². The Bertz CT molecular complexity index is 1240. The van der Waals surface area contributed by atoms with Gasteiger partial charge in [-0.2, -0.15) is 5.26 Å². The summed E-state index contributed by atoms with van der Waals surface area (Å²) in [6, 6.07) is 14.3. The molecule has 1 aliphatic heterocycles. The number of nitrogens with zero attached hydrogens (tertiary/aromatic N) is 3. The highest BCUT2D eigenvalue weighted by atomic mass is 32.1. The summed E-state index contributed by atoms with van der Waals surface area (Å²) in [7, 11) is 0. The lowest BCUT2D eigenvalue weighted by molar-refractivity contribution is -0.141. The van der Waals surface area contributed by atoms with Crippen molar-refractivity contribution in [3.8, 4) is 32.8 Å². The fraction of sp³-hybridized carbons (Fsp3) is 0.393. The Kier molecular flexibility index (Phi) is 7.84. The zero-order valence-corrected chi connectivity index (χ0v) is 21.3. The van der Waals surface area contributed by atoms with E-state index in [9.17, 15) is 15.2 Å². The number of carboxylic acids is 1. The standard InChI is InChI=1S/C28H31N3O3S/c1-4-23-19(10-12-31-13-11-21(17-31)28(32)33)6-5-7-24(23)26-16-30-27(35-26)20-8-9-25(34-18(2)3)22(14-20)15-29/h5-9,14,16,18,21H,4,10-13,17H2,1-3H3,(H,32,33). The van der Waals surface area contributed by atoms with Gasteiger partial charge < -0.3 is 14.7 Å². The molecule has 1 aliphatic rings. The van der Waals surface area contributed by atoms with Gasteiger partial charge in [0.05, 0.1) is 22.5 Å². The third-order valence-corrected chi connectivity index (χ3v) is 7.51. The number of carboxylic acid groups (broad SMARTS) is 1. The lowest BCUT2D eigenvalue weighted by atomic mass is 9.96. The molecule has 1 atom stereocenters. The van der Waals surface area contributed by atoms with Gasteiger partial charge in [-0.1, -0.05) is 25.1 Å². The van der Waals surface area contributed by atoms with Crippen LogP contribution in [-0.4, -0.2) is 46.7 Å². The molecule has 182 valence electrons. The second-order valence-electron chi connectivity index (χ2n) is 9.19. The predicted octanol–water partition coefficient (Wildman–Crippen LogP) is 5.65. The normalized spacial score (nSPS) is 15.9. The van der Waals surface area contributed by atoms with Gasteiger partial charge in [0.2, 0.25) is 0 Å². The summed E-state index contributed by atoms with van der Waals surface area (Å²) < 4.78 is 5.75. The van der Waals surface area contributed by atoms with Crippen LogP contribution < -0.4 is 4.74 Å². The van der Waals surface area contributed by atoms with Crippen molar-refractivity contribution >= 4 is 17.3 Å². The van der Waals surface area contributed by atoms with Gasteiger partial charge in [0.25, 0.3) is 0 Å². The summed E-state index contributed by atoms with van der Waals surface area (Å²) in [5.74, 6) is -0.333. The van der Waals surface area contributed by atoms with Crippen LogP contribution in [0.3, 0.4) is 0 Å². The molecule has 1 aromatic heterocycles. The molecule has 3 aromatic rings. The molecule has 35 heavy (non-hydrogen) atoms. The number of carbonyl (C=O) groups is 1. The predicted molar refractivity (Wildman–Crippen MR) is 139 cm³/mol. The highest BCUT2D eigenvalue weighted by Gasteiger charge is 2.27. The molecule has 1 unspecified atom stereocenters. The molecule has 0 saturated carbocycles. The van der Waals surface area contributed by atoms with E-state index in [1.54, 1.807) is 11.3 Å². The molecule has 1 fully saturated rings. The van der Waals surface area contributed by atoms with Crippen LogP contribution in [0, 0.1) is 17.2 Å². The van der Waals surface area contributed by atoms with Crippen molar-refractivity contribution < 1.29 is 14.6 Å². The van der Waals surface area contributed by atoms with E-state index in [0.717, 1.165) is 47.8 Å². The first-order valence-electron chi connectivity index (χ1n) is 12.1. The summed E-state index contributed by atoms with van der Waals surface area (Å²) in [5, 5.41) is 19.7. The molecule has 1 saturated heterocycles. The molecular formula is C28H31N3O3S. The summed E-state index contributed by atoms with van der Waals surface area (Å²) >= 11 is 1.63. The summed E-state index contributed by atoms with van der Waals surface area (Å²) in [6.45, 7) is 8.42. The van der Waals surface area contributed by atoms with Crippen LogP contribution in [0.25, 0.3) is 21.0 Å². The largest absolute Gasteiger partial charge is 0.490 e. The van der Waals surface area contributed by atoms with Crippen LogP contribution in [0.15, 0.2) is 42.6 Å². The van der Waals surface area contributed by atoms with Crippen molar-refractivity contribution in [2.24, 2.45) is 5.92 Å². The average Bonchev–Trinajstić information content (AvgIpc) is 3.52. The van der Waals surface area contributed by atoms with E-state index >= 15 is 0 Å². The number of thiazole rings is 1. The molecule has 2 aromatic carbocycles. The van der Waals surface area contributed by atoms with E-state index in [-0.39, 0.29) is 12.0 Å². The van der Waals surface area contributed by atoms with Crippen LogP contribution in [0.2, 0.25) is 0 Å². The number of hydrogen-bond donors (Lipinski definition) is 1. The maximum absolute atomic E-state index is 11.3. The zero-order chi connectivity index (χ0) is 24.9. The van der Waals surface area contributed by atoms with Crippen molar-refractivity contribution in [3.63, 3.8) is 0 Å². The second kappa shape index (κ2) is 11.0. The maximum atomic E-state index is 11.3. The molecular weight excluding hydrogens is 458 g/mol.